The van der Waals surface area contributed by atoms with Crippen LogP contribution in [-0.2, 0) is 9.59 Å². The summed E-state index contributed by atoms with van der Waals surface area (Å²) in [5.41, 5.74) is 5.97. The van der Waals surface area contributed by atoms with Crippen molar-refractivity contribution in [3.8, 4) is 6.07 Å². The van der Waals surface area contributed by atoms with Gasteiger partial charge >= 0.3 is 12.1 Å². The van der Waals surface area contributed by atoms with Gasteiger partial charge < -0.3 is 10.8 Å². The molecule has 10 heteroatoms. The number of nitriles is 1. The number of rotatable bonds is 3. The van der Waals surface area contributed by atoms with Crippen LogP contribution in [0.15, 0.2) is 5.10 Å². The van der Waals surface area contributed by atoms with Gasteiger partial charge in [-0.25, -0.2) is 9.80 Å². The molecule has 0 aromatic rings. The van der Waals surface area contributed by atoms with Gasteiger partial charge in [-0.2, -0.15) is 23.5 Å². The van der Waals surface area contributed by atoms with Crippen molar-refractivity contribution in [1.29, 1.82) is 5.26 Å². The normalized spacial score (nSPS) is 21.9. The van der Waals surface area contributed by atoms with E-state index in [1.807, 2.05) is 0 Å². The molecular formula is C15H21F3N4O3. The number of carboxylic acid groups (broad SMARTS) is 1. The molecule has 1 saturated carbocycles. The molecular weight excluding hydrogens is 341 g/mol. The number of hydrogen-bond acceptors (Lipinski definition) is 5. The summed E-state index contributed by atoms with van der Waals surface area (Å²) in [5, 5.41) is 21.3. The SMILES string of the molecule is N#CC1CC=NN1C(=O)[C@@H](N)CC1CCCCC1.O=C(O)C(F)(F)F. The number of hydrogen-bond donors (Lipinski definition) is 2. The van der Waals surface area contributed by atoms with Crippen LogP contribution in [-0.4, -0.2) is 46.5 Å². The van der Waals surface area contributed by atoms with E-state index in [1.165, 1.54) is 37.1 Å². The minimum atomic E-state index is -5.08. The lowest BCUT2D eigenvalue weighted by Crippen LogP contribution is -2.44. The van der Waals surface area contributed by atoms with Crippen LogP contribution in [0.1, 0.15) is 44.9 Å². The Bertz CT molecular complexity index is 539. The number of carbonyl (C=O) groups excluding carboxylic acids is 1. The molecule has 1 aliphatic heterocycles. The third-order valence-electron chi connectivity index (χ3n) is 4.08. The Balaban J connectivity index is 0.000000381. The topological polar surface area (TPSA) is 120 Å². The van der Waals surface area contributed by atoms with Gasteiger partial charge in [0.15, 0.2) is 0 Å². The standard InChI is InChI=1S/C13H20N4O.C2HF3O2/c14-9-11-6-7-16-17(11)13(18)12(15)8-10-4-2-1-3-5-10;3-2(4,5)1(6)7/h7,10-12H,1-6,8,15H2;(H,6,7)/t11?,12-;/m0./s1. The number of alkyl halides is 3. The summed E-state index contributed by atoms with van der Waals surface area (Å²) in [7, 11) is 0. The Kier molecular flexibility index (Phi) is 7.83. The zero-order chi connectivity index (χ0) is 19.0. The number of carboxylic acids is 1. The highest BCUT2D eigenvalue weighted by molar-refractivity contribution is 5.84. The van der Waals surface area contributed by atoms with E-state index in [0.29, 0.717) is 12.3 Å². The van der Waals surface area contributed by atoms with E-state index in [1.54, 1.807) is 6.21 Å². The fraction of sp³-hybridized carbons (Fsp3) is 0.733. The number of nitrogens with two attached hydrogens (primary N) is 1. The van der Waals surface area contributed by atoms with E-state index in [-0.39, 0.29) is 5.91 Å². The van der Waals surface area contributed by atoms with Gasteiger partial charge in [0.05, 0.1) is 12.1 Å². The van der Waals surface area contributed by atoms with Gasteiger partial charge in [0.2, 0.25) is 0 Å². The number of halogens is 3. The first-order chi connectivity index (χ1) is 11.7. The van der Waals surface area contributed by atoms with Gasteiger partial charge in [-0.1, -0.05) is 32.1 Å². The van der Waals surface area contributed by atoms with Crippen molar-refractivity contribution in [2.45, 2.75) is 63.2 Å². The Morgan fingerprint density at radius 2 is 1.92 bits per heavy atom. The summed E-state index contributed by atoms with van der Waals surface area (Å²) in [5.74, 6) is -2.40. The highest BCUT2D eigenvalue weighted by Crippen LogP contribution is 2.27. The first kappa shape index (κ1) is 20.9. The van der Waals surface area contributed by atoms with Gasteiger partial charge in [-0.3, -0.25) is 4.79 Å². The molecule has 3 N–H and O–H groups in total. The number of hydrazone groups is 1. The van der Waals surface area contributed by atoms with Gasteiger partial charge in [-0.15, -0.1) is 0 Å². The average Bonchev–Trinajstić information content (AvgIpc) is 3.03. The number of amides is 1. The average molecular weight is 362 g/mol. The molecule has 1 amide bonds. The van der Waals surface area contributed by atoms with Crippen LogP contribution < -0.4 is 5.73 Å². The molecule has 7 nitrogen and oxygen atoms in total. The predicted octanol–water partition coefficient (Wildman–Crippen LogP) is 2.03. The maximum absolute atomic E-state index is 12.1. The van der Waals surface area contributed by atoms with Crippen LogP contribution in [0.5, 0.6) is 0 Å². The quantitative estimate of drug-likeness (QED) is 0.796. The zero-order valence-electron chi connectivity index (χ0n) is 13.6. The second kappa shape index (κ2) is 9.36. The summed E-state index contributed by atoms with van der Waals surface area (Å²) in [6, 6.07) is 1.10. The summed E-state index contributed by atoms with van der Waals surface area (Å²) in [6.45, 7) is 0. The second-order valence-electron chi connectivity index (χ2n) is 6.01. The Morgan fingerprint density at radius 3 is 2.40 bits per heavy atom. The highest BCUT2D eigenvalue weighted by atomic mass is 19.4. The first-order valence-corrected chi connectivity index (χ1v) is 7.97. The lowest BCUT2D eigenvalue weighted by Gasteiger charge is -2.26. The van der Waals surface area contributed by atoms with Gasteiger partial charge in [0.1, 0.15) is 6.04 Å². The van der Waals surface area contributed by atoms with Crippen LogP contribution in [0.25, 0.3) is 0 Å². The van der Waals surface area contributed by atoms with Crippen LogP contribution in [0.3, 0.4) is 0 Å². The van der Waals surface area contributed by atoms with E-state index in [0.717, 1.165) is 6.42 Å². The van der Waals surface area contributed by atoms with E-state index >= 15 is 0 Å². The van der Waals surface area contributed by atoms with Crippen LogP contribution >= 0.6 is 0 Å². The first-order valence-electron chi connectivity index (χ1n) is 7.97. The van der Waals surface area contributed by atoms with E-state index < -0.39 is 24.2 Å². The van der Waals surface area contributed by atoms with E-state index in [2.05, 4.69) is 11.2 Å². The molecule has 0 spiro atoms. The lowest BCUT2D eigenvalue weighted by molar-refractivity contribution is -0.192. The molecule has 2 rings (SSSR count). The molecule has 0 saturated heterocycles. The van der Waals surface area contributed by atoms with E-state index in [9.17, 15) is 18.0 Å². The summed E-state index contributed by atoms with van der Waals surface area (Å²) >= 11 is 0. The van der Waals surface area contributed by atoms with Gasteiger partial charge in [-0.05, 0) is 12.3 Å². The van der Waals surface area contributed by atoms with Crippen molar-refractivity contribution in [3.63, 3.8) is 0 Å². The van der Waals surface area contributed by atoms with Crippen molar-refractivity contribution < 1.29 is 27.9 Å². The number of nitrogens with zero attached hydrogens (tertiary/aromatic N) is 3. The largest absolute Gasteiger partial charge is 0.490 e. The van der Waals surface area contributed by atoms with Crippen molar-refractivity contribution in [3.05, 3.63) is 0 Å². The molecule has 25 heavy (non-hydrogen) atoms. The van der Waals surface area contributed by atoms with Crippen molar-refractivity contribution in [1.82, 2.24) is 5.01 Å². The predicted molar refractivity (Wildman–Crippen MR) is 82.2 cm³/mol. The third kappa shape index (κ3) is 6.70. The molecule has 2 atom stereocenters. The summed E-state index contributed by atoms with van der Waals surface area (Å²) in [4.78, 5) is 21.0. The molecule has 0 radical (unpaired) electrons. The smallest absolute Gasteiger partial charge is 0.475 e. The molecule has 1 heterocycles. The van der Waals surface area contributed by atoms with Crippen molar-refractivity contribution in [2.24, 2.45) is 16.8 Å². The van der Waals surface area contributed by atoms with Gasteiger partial charge in [0, 0.05) is 12.6 Å². The molecule has 0 aromatic heterocycles. The Morgan fingerprint density at radius 1 is 1.36 bits per heavy atom. The van der Waals surface area contributed by atoms with Gasteiger partial charge in [0.25, 0.3) is 5.91 Å². The maximum atomic E-state index is 12.1. The summed E-state index contributed by atoms with van der Waals surface area (Å²) in [6.07, 6.45) is 3.90. The number of carbonyl (C=O) groups is 2. The molecule has 0 aromatic carbocycles. The Labute approximate surface area is 143 Å². The van der Waals surface area contributed by atoms with Crippen molar-refractivity contribution in [2.75, 3.05) is 0 Å². The summed E-state index contributed by atoms with van der Waals surface area (Å²) < 4.78 is 31.7. The molecule has 1 fully saturated rings. The fourth-order valence-electron chi connectivity index (χ4n) is 2.79. The fourth-order valence-corrected chi connectivity index (χ4v) is 2.79. The van der Waals surface area contributed by atoms with Crippen LogP contribution in [0.4, 0.5) is 13.2 Å². The Hall–Kier alpha value is -2.15. The lowest BCUT2D eigenvalue weighted by atomic mass is 9.85. The monoisotopic (exact) mass is 362 g/mol. The molecule has 2 aliphatic rings. The second-order valence-corrected chi connectivity index (χ2v) is 6.01. The maximum Gasteiger partial charge on any atom is 0.490 e. The molecule has 0 bridgehead atoms. The molecule has 1 unspecified atom stereocenters. The van der Waals surface area contributed by atoms with Crippen LogP contribution in [0, 0.1) is 17.2 Å². The highest BCUT2D eigenvalue weighted by Gasteiger charge is 2.38. The van der Waals surface area contributed by atoms with Crippen LogP contribution in [0.2, 0.25) is 0 Å². The minimum Gasteiger partial charge on any atom is -0.475 e. The van der Waals surface area contributed by atoms with E-state index in [4.69, 9.17) is 20.9 Å². The van der Waals surface area contributed by atoms with Crippen molar-refractivity contribution >= 4 is 18.1 Å². The molecule has 1 aliphatic carbocycles. The minimum absolute atomic E-state index is 0.208. The molecule has 140 valence electrons. The third-order valence-corrected chi connectivity index (χ3v) is 4.08. The number of aliphatic carboxylic acids is 1. The zero-order valence-corrected chi connectivity index (χ0v) is 13.6.